The van der Waals surface area contributed by atoms with E-state index < -0.39 is 5.97 Å². The summed E-state index contributed by atoms with van der Waals surface area (Å²) in [5, 5.41) is 18.3. The first-order chi connectivity index (χ1) is 8.16. The van der Waals surface area contributed by atoms with Crippen LogP contribution in [0.3, 0.4) is 0 Å². The van der Waals surface area contributed by atoms with Gasteiger partial charge < -0.3 is 14.9 Å². The number of carbonyl (C=O) groups is 1. The zero-order valence-corrected chi connectivity index (χ0v) is 9.56. The van der Waals surface area contributed by atoms with Gasteiger partial charge in [-0.2, -0.15) is 0 Å². The van der Waals surface area contributed by atoms with Crippen LogP contribution in [0, 0.1) is 0 Å². The Labute approximate surface area is 99.8 Å². The van der Waals surface area contributed by atoms with Gasteiger partial charge >= 0.3 is 5.97 Å². The van der Waals surface area contributed by atoms with Gasteiger partial charge in [-0.15, -0.1) is 0 Å². The van der Waals surface area contributed by atoms with Crippen LogP contribution >= 0.6 is 0 Å². The van der Waals surface area contributed by atoms with Gasteiger partial charge in [0, 0.05) is 0 Å². The number of aromatic carboxylic acids is 1. The third-order valence-electron chi connectivity index (χ3n) is 3.05. The Balaban J connectivity index is 2.10. The molecule has 0 amide bonds. The van der Waals surface area contributed by atoms with Gasteiger partial charge in [-0.1, -0.05) is 6.42 Å². The van der Waals surface area contributed by atoms with Crippen LogP contribution in [0.4, 0.5) is 0 Å². The summed E-state index contributed by atoms with van der Waals surface area (Å²) in [5.74, 6) is -0.850. The highest BCUT2D eigenvalue weighted by molar-refractivity contribution is 5.91. The van der Waals surface area contributed by atoms with Gasteiger partial charge in [0.25, 0.3) is 0 Å². The normalized spacial score (nSPS) is 16.7. The lowest BCUT2D eigenvalue weighted by molar-refractivity contribution is 0.0692. The maximum absolute atomic E-state index is 10.9. The standard InChI is InChI=1S/C13H16O4/c14-12-7-6-10(8-11(12)13(15)16)17-9-4-2-1-3-5-9/h6-9,14H,1-5H2,(H,15,16). The van der Waals surface area contributed by atoms with Gasteiger partial charge in [0.2, 0.25) is 0 Å². The maximum Gasteiger partial charge on any atom is 0.339 e. The Bertz CT molecular complexity index is 408. The van der Waals surface area contributed by atoms with Crippen LogP contribution in [0.5, 0.6) is 11.5 Å². The number of carboxylic acids is 1. The lowest BCUT2D eigenvalue weighted by Gasteiger charge is -2.23. The molecule has 1 aromatic rings. The van der Waals surface area contributed by atoms with Crippen molar-refractivity contribution in [3.05, 3.63) is 23.8 Å². The van der Waals surface area contributed by atoms with Crippen molar-refractivity contribution in [2.75, 3.05) is 0 Å². The lowest BCUT2D eigenvalue weighted by Crippen LogP contribution is -2.19. The average Bonchev–Trinajstić information content (AvgIpc) is 2.32. The van der Waals surface area contributed by atoms with Crippen LogP contribution in [0.2, 0.25) is 0 Å². The molecule has 4 heteroatoms. The SMILES string of the molecule is O=C(O)c1cc(OC2CCCCC2)ccc1O. The summed E-state index contributed by atoms with van der Waals surface area (Å²) < 4.78 is 5.73. The van der Waals surface area contributed by atoms with Gasteiger partial charge in [0.15, 0.2) is 0 Å². The quantitative estimate of drug-likeness (QED) is 0.846. The molecule has 4 nitrogen and oxygen atoms in total. The molecule has 17 heavy (non-hydrogen) atoms. The Hall–Kier alpha value is -1.71. The number of hydrogen-bond acceptors (Lipinski definition) is 3. The molecule has 0 spiro atoms. The molecule has 0 saturated heterocycles. The monoisotopic (exact) mass is 236 g/mol. The van der Waals surface area contributed by atoms with Crippen molar-refractivity contribution in [2.24, 2.45) is 0 Å². The van der Waals surface area contributed by atoms with Crippen molar-refractivity contribution >= 4 is 5.97 Å². The number of phenols is 1. The zero-order valence-electron chi connectivity index (χ0n) is 9.56. The molecule has 0 unspecified atom stereocenters. The van der Waals surface area contributed by atoms with E-state index in [1.54, 1.807) is 6.07 Å². The fourth-order valence-electron chi connectivity index (χ4n) is 2.14. The fraction of sp³-hybridized carbons (Fsp3) is 0.462. The minimum atomic E-state index is -1.14. The molecular weight excluding hydrogens is 220 g/mol. The first kappa shape index (κ1) is 11.8. The number of benzene rings is 1. The van der Waals surface area contributed by atoms with Gasteiger partial charge in [-0.3, -0.25) is 0 Å². The van der Waals surface area contributed by atoms with Gasteiger partial charge in [-0.25, -0.2) is 4.79 Å². The number of ether oxygens (including phenoxy) is 1. The Morgan fingerprint density at radius 3 is 2.59 bits per heavy atom. The van der Waals surface area contributed by atoms with E-state index in [0.717, 1.165) is 25.7 Å². The fourth-order valence-corrected chi connectivity index (χ4v) is 2.14. The minimum Gasteiger partial charge on any atom is -0.507 e. The molecule has 1 fully saturated rings. The van der Waals surface area contributed by atoms with Crippen molar-refractivity contribution < 1.29 is 19.7 Å². The topological polar surface area (TPSA) is 66.8 Å². The van der Waals surface area contributed by atoms with Crippen LogP contribution in [0.25, 0.3) is 0 Å². The summed E-state index contributed by atoms with van der Waals surface area (Å²) in [4.78, 5) is 10.9. The van der Waals surface area contributed by atoms with Crippen LogP contribution in [-0.2, 0) is 0 Å². The molecule has 1 aliphatic rings. The molecule has 1 saturated carbocycles. The summed E-state index contributed by atoms with van der Waals surface area (Å²) in [7, 11) is 0. The highest BCUT2D eigenvalue weighted by Gasteiger charge is 2.16. The van der Waals surface area contributed by atoms with E-state index >= 15 is 0 Å². The Morgan fingerprint density at radius 2 is 1.94 bits per heavy atom. The molecule has 0 heterocycles. The van der Waals surface area contributed by atoms with Gasteiger partial charge in [0.1, 0.15) is 17.1 Å². The summed E-state index contributed by atoms with van der Waals surface area (Å²) >= 11 is 0. The molecule has 0 bridgehead atoms. The smallest absolute Gasteiger partial charge is 0.339 e. The third-order valence-corrected chi connectivity index (χ3v) is 3.05. The van der Waals surface area contributed by atoms with E-state index in [-0.39, 0.29) is 17.4 Å². The largest absolute Gasteiger partial charge is 0.507 e. The van der Waals surface area contributed by atoms with Gasteiger partial charge in [0.05, 0.1) is 6.10 Å². The Morgan fingerprint density at radius 1 is 1.24 bits per heavy atom. The summed E-state index contributed by atoms with van der Waals surface area (Å²) in [6, 6.07) is 4.35. The molecule has 0 aliphatic heterocycles. The van der Waals surface area contributed by atoms with E-state index in [1.165, 1.54) is 18.6 Å². The van der Waals surface area contributed by atoms with E-state index in [2.05, 4.69) is 0 Å². The van der Waals surface area contributed by atoms with E-state index in [0.29, 0.717) is 5.75 Å². The van der Waals surface area contributed by atoms with Gasteiger partial charge in [-0.05, 0) is 43.9 Å². The maximum atomic E-state index is 10.9. The van der Waals surface area contributed by atoms with E-state index in [9.17, 15) is 9.90 Å². The number of aromatic hydroxyl groups is 1. The Kier molecular flexibility index (Phi) is 3.52. The lowest BCUT2D eigenvalue weighted by atomic mass is 9.98. The van der Waals surface area contributed by atoms with Crippen molar-refractivity contribution in [3.8, 4) is 11.5 Å². The first-order valence-electron chi connectivity index (χ1n) is 5.90. The van der Waals surface area contributed by atoms with Crippen molar-refractivity contribution in [1.29, 1.82) is 0 Å². The second-order valence-electron chi connectivity index (χ2n) is 4.36. The average molecular weight is 236 g/mol. The second kappa shape index (κ2) is 5.08. The van der Waals surface area contributed by atoms with E-state index in [1.807, 2.05) is 0 Å². The molecule has 1 aliphatic carbocycles. The summed E-state index contributed by atoms with van der Waals surface area (Å²) in [6.45, 7) is 0. The van der Waals surface area contributed by atoms with E-state index in [4.69, 9.17) is 9.84 Å². The summed E-state index contributed by atoms with van der Waals surface area (Å²) in [6.07, 6.45) is 5.78. The predicted octanol–water partition coefficient (Wildman–Crippen LogP) is 2.80. The van der Waals surface area contributed by atoms with Crippen LogP contribution in [0.15, 0.2) is 18.2 Å². The minimum absolute atomic E-state index is 0.113. The van der Waals surface area contributed by atoms with Crippen LogP contribution in [-0.4, -0.2) is 22.3 Å². The van der Waals surface area contributed by atoms with Crippen LogP contribution in [0.1, 0.15) is 42.5 Å². The van der Waals surface area contributed by atoms with Crippen LogP contribution < -0.4 is 4.74 Å². The molecule has 92 valence electrons. The van der Waals surface area contributed by atoms with Crippen molar-refractivity contribution in [2.45, 2.75) is 38.2 Å². The first-order valence-corrected chi connectivity index (χ1v) is 5.90. The van der Waals surface area contributed by atoms with Crippen molar-refractivity contribution in [3.63, 3.8) is 0 Å². The predicted molar refractivity (Wildman–Crippen MR) is 62.6 cm³/mol. The third kappa shape index (κ3) is 2.90. The molecule has 0 radical (unpaired) electrons. The highest BCUT2D eigenvalue weighted by atomic mass is 16.5. The number of rotatable bonds is 3. The number of carboxylic acid groups (broad SMARTS) is 1. The zero-order chi connectivity index (χ0) is 12.3. The molecule has 1 aromatic carbocycles. The molecule has 0 atom stereocenters. The molecule has 2 rings (SSSR count). The summed E-state index contributed by atoms with van der Waals surface area (Å²) in [5.41, 5.74) is -0.113. The van der Waals surface area contributed by atoms with Crippen molar-refractivity contribution in [1.82, 2.24) is 0 Å². The second-order valence-corrected chi connectivity index (χ2v) is 4.36. The molecular formula is C13H16O4. The highest BCUT2D eigenvalue weighted by Crippen LogP contribution is 2.27. The number of hydrogen-bond donors (Lipinski definition) is 2. The molecule has 2 N–H and O–H groups in total. The molecule has 0 aromatic heterocycles.